The molecule has 22 heavy (non-hydrogen) atoms. The number of benzene rings is 1. The van der Waals surface area contributed by atoms with Crippen molar-refractivity contribution in [3.63, 3.8) is 0 Å². The number of carbonyl (C=O) groups is 2. The summed E-state index contributed by atoms with van der Waals surface area (Å²) < 4.78 is 4.92. The van der Waals surface area contributed by atoms with Crippen molar-refractivity contribution in [2.75, 3.05) is 6.61 Å². The number of hydrogen-bond donors (Lipinski definition) is 1. The van der Waals surface area contributed by atoms with Gasteiger partial charge in [-0.05, 0) is 25.8 Å². The Morgan fingerprint density at radius 1 is 1.45 bits per heavy atom. The molecule has 0 spiro atoms. The van der Waals surface area contributed by atoms with Crippen molar-refractivity contribution in [2.24, 2.45) is 5.41 Å². The lowest BCUT2D eigenvalue weighted by Gasteiger charge is -2.18. The van der Waals surface area contributed by atoms with Crippen LogP contribution in [0, 0.1) is 16.7 Å². The zero-order valence-corrected chi connectivity index (χ0v) is 13.4. The molecule has 7 heteroatoms. The van der Waals surface area contributed by atoms with Crippen molar-refractivity contribution in [3.05, 3.63) is 33.8 Å². The molecule has 0 aliphatic heterocycles. The van der Waals surface area contributed by atoms with Crippen LogP contribution in [0.4, 0.5) is 0 Å². The number of carbonyl (C=O) groups excluding carboxylic acids is 2. The SMILES string of the molecule is CCOC(=O)C1(C(=O)NC(C#N)c2cccc(Cl)c2Cl)CC1. The van der Waals surface area contributed by atoms with Gasteiger partial charge in [0.15, 0.2) is 0 Å². The van der Waals surface area contributed by atoms with Crippen molar-refractivity contribution in [1.29, 1.82) is 5.26 Å². The number of hydrogen-bond acceptors (Lipinski definition) is 4. The second-order valence-electron chi connectivity index (χ2n) is 4.98. The molecule has 116 valence electrons. The van der Waals surface area contributed by atoms with E-state index in [1.165, 1.54) is 0 Å². The summed E-state index contributed by atoms with van der Waals surface area (Å²) >= 11 is 12.0. The Morgan fingerprint density at radius 3 is 2.68 bits per heavy atom. The van der Waals surface area contributed by atoms with Crippen LogP contribution in [-0.4, -0.2) is 18.5 Å². The van der Waals surface area contributed by atoms with E-state index in [0.717, 1.165) is 0 Å². The van der Waals surface area contributed by atoms with E-state index in [2.05, 4.69) is 5.32 Å². The van der Waals surface area contributed by atoms with E-state index in [9.17, 15) is 14.9 Å². The maximum Gasteiger partial charge on any atom is 0.321 e. The van der Waals surface area contributed by atoms with Crippen molar-refractivity contribution in [3.8, 4) is 6.07 Å². The average Bonchev–Trinajstić information content (AvgIpc) is 3.30. The van der Waals surface area contributed by atoms with E-state index in [1.54, 1.807) is 25.1 Å². The number of amides is 1. The third-order valence-corrected chi connectivity index (χ3v) is 4.38. The van der Waals surface area contributed by atoms with Gasteiger partial charge in [0.25, 0.3) is 0 Å². The molecule has 0 bridgehead atoms. The van der Waals surface area contributed by atoms with Crippen LogP contribution in [0.25, 0.3) is 0 Å². The lowest BCUT2D eigenvalue weighted by atomic mass is 10.0. The zero-order chi connectivity index (χ0) is 16.3. The van der Waals surface area contributed by atoms with E-state index in [-0.39, 0.29) is 11.6 Å². The van der Waals surface area contributed by atoms with Gasteiger partial charge < -0.3 is 10.1 Å². The van der Waals surface area contributed by atoms with Gasteiger partial charge in [0.2, 0.25) is 5.91 Å². The van der Waals surface area contributed by atoms with Crippen LogP contribution in [0.15, 0.2) is 18.2 Å². The summed E-state index contributed by atoms with van der Waals surface area (Å²) in [6.07, 6.45) is 0.832. The molecule has 1 N–H and O–H groups in total. The quantitative estimate of drug-likeness (QED) is 0.660. The standard InChI is InChI=1S/C15H14Cl2N2O3/c1-2-22-14(21)15(6-7-15)13(20)19-11(8-18)9-4-3-5-10(16)12(9)17/h3-5,11H,2,6-7H2,1H3,(H,19,20). The number of nitrogens with one attached hydrogen (secondary N) is 1. The van der Waals surface area contributed by atoms with Gasteiger partial charge in [-0.1, -0.05) is 35.3 Å². The van der Waals surface area contributed by atoms with E-state index in [4.69, 9.17) is 27.9 Å². The van der Waals surface area contributed by atoms with E-state index in [1.807, 2.05) is 6.07 Å². The normalized spacial score (nSPS) is 16.3. The summed E-state index contributed by atoms with van der Waals surface area (Å²) in [5, 5.41) is 12.3. The fraction of sp³-hybridized carbons (Fsp3) is 0.400. The van der Waals surface area contributed by atoms with Crippen LogP contribution in [0.3, 0.4) is 0 Å². The Kier molecular flexibility index (Phi) is 4.94. The fourth-order valence-corrected chi connectivity index (χ4v) is 2.53. The Balaban J connectivity index is 2.18. The molecule has 1 aliphatic carbocycles. The molecule has 0 aromatic heterocycles. The van der Waals surface area contributed by atoms with E-state index < -0.39 is 23.3 Å². The van der Waals surface area contributed by atoms with Crippen molar-refractivity contribution in [2.45, 2.75) is 25.8 Å². The first kappa shape index (κ1) is 16.6. The van der Waals surface area contributed by atoms with Crippen LogP contribution >= 0.6 is 23.2 Å². The minimum Gasteiger partial charge on any atom is -0.465 e. The number of ether oxygens (including phenoxy) is 1. The molecule has 1 fully saturated rings. The number of nitrogens with zero attached hydrogens (tertiary/aromatic N) is 1. The third kappa shape index (κ3) is 3.03. The molecule has 1 atom stereocenters. The summed E-state index contributed by atoms with van der Waals surface area (Å²) in [6.45, 7) is 1.88. The van der Waals surface area contributed by atoms with Crippen molar-refractivity contribution >= 4 is 35.1 Å². The molecule has 1 aromatic carbocycles. The van der Waals surface area contributed by atoms with Gasteiger partial charge in [0.1, 0.15) is 11.5 Å². The van der Waals surface area contributed by atoms with Gasteiger partial charge >= 0.3 is 5.97 Å². The fourth-order valence-electron chi connectivity index (χ4n) is 2.11. The van der Waals surface area contributed by atoms with E-state index >= 15 is 0 Å². The van der Waals surface area contributed by atoms with Crippen molar-refractivity contribution < 1.29 is 14.3 Å². The maximum absolute atomic E-state index is 12.3. The molecule has 1 unspecified atom stereocenters. The summed E-state index contributed by atoms with van der Waals surface area (Å²) in [5.74, 6) is -1.07. The predicted molar refractivity (Wildman–Crippen MR) is 81.3 cm³/mol. The second-order valence-corrected chi connectivity index (χ2v) is 5.77. The van der Waals surface area contributed by atoms with Crippen LogP contribution in [0.1, 0.15) is 31.4 Å². The highest BCUT2D eigenvalue weighted by molar-refractivity contribution is 6.42. The zero-order valence-electron chi connectivity index (χ0n) is 11.9. The third-order valence-electron chi connectivity index (χ3n) is 3.55. The molecule has 0 saturated heterocycles. The Hall–Kier alpha value is -1.77. The van der Waals surface area contributed by atoms with Crippen LogP contribution in [0.2, 0.25) is 10.0 Å². The number of halogens is 2. The predicted octanol–water partition coefficient (Wildman–Crippen LogP) is 3.02. The highest BCUT2D eigenvalue weighted by Gasteiger charge is 2.58. The van der Waals surface area contributed by atoms with Crippen molar-refractivity contribution in [1.82, 2.24) is 5.32 Å². The van der Waals surface area contributed by atoms with Crippen LogP contribution in [-0.2, 0) is 14.3 Å². The van der Waals surface area contributed by atoms with Gasteiger partial charge in [-0.2, -0.15) is 5.26 Å². The minimum atomic E-state index is -1.17. The lowest BCUT2D eigenvalue weighted by Crippen LogP contribution is -2.39. The van der Waals surface area contributed by atoms with Crippen LogP contribution < -0.4 is 5.32 Å². The largest absolute Gasteiger partial charge is 0.465 e. The van der Waals surface area contributed by atoms with E-state index in [0.29, 0.717) is 23.4 Å². The molecular formula is C15H14Cl2N2O3. The summed E-state index contributed by atoms with van der Waals surface area (Å²) in [6, 6.07) is 5.81. The molecule has 0 radical (unpaired) electrons. The van der Waals surface area contributed by atoms with Gasteiger partial charge in [-0.25, -0.2) is 0 Å². The van der Waals surface area contributed by atoms with Gasteiger partial charge in [-0.3, -0.25) is 9.59 Å². The maximum atomic E-state index is 12.3. The molecular weight excluding hydrogens is 327 g/mol. The van der Waals surface area contributed by atoms with Gasteiger partial charge in [0, 0.05) is 5.56 Å². The molecule has 1 aromatic rings. The summed E-state index contributed by atoms with van der Waals surface area (Å²) in [7, 11) is 0. The first-order valence-corrected chi connectivity index (χ1v) is 7.53. The number of rotatable bonds is 5. The highest BCUT2D eigenvalue weighted by atomic mass is 35.5. The Morgan fingerprint density at radius 2 is 2.14 bits per heavy atom. The topological polar surface area (TPSA) is 79.2 Å². The Labute approximate surface area is 138 Å². The monoisotopic (exact) mass is 340 g/mol. The average molecular weight is 341 g/mol. The summed E-state index contributed by atoms with van der Waals surface area (Å²) in [4.78, 5) is 24.2. The molecule has 0 heterocycles. The molecule has 5 nitrogen and oxygen atoms in total. The van der Waals surface area contributed by atoms with Gasteiger partial charge in [-0.15, -0.1) is 0 Å². The second kappa shape index (κ2) is 6.55. The first-order chi connectivity index (χ1) is 10.5. The highest BCUT2D eigenvalue weighted by Crippen LogP contribution is 2.47. The van der Waals surface area contributed by atoms with Crippen LogP contribution in [0.5, 0.6) is 0 Å². The smallest absolute Gasteiger partial charge is 0.321 e. The lowest BCUT2D eigenvalue weighted by molar-refractivity contribution is -0.154. The molecule has 1 amide bonds. The Bertz CT molecular complexity index is 651. The number of nitriles is 1. The molecule has 1 aliphatic rings. The van der Waals surface area contributed by atoms with Gasteiger partial charge in [0.05, 0.1) is 22.7 Å². The summed E-state index contributed by atoms with van der Waals surface area (Å²) in [5.41, 5.74) is -0.777. The first-order valence-electron chi connectivity index (χ1n) is 6.78. The number of esters is 1. The molecule has 2 rings (SSSR count). The molecule has 1 saturated carbocycles. The minimum absolute atomic E-state index is 0.204.